The van der Waals surface area contributed by atoms with Crippen LogP contribution in [0.4, 0.5) is 23.0 Å². The zero-order valence-electron chi connectivity index (χ0n) is 12.2. The molecule has 0 saturated heterocycles. The molecule has 0 aliphatic carbocycles. The summed E-state index contributed by atoms with van der Waals surface area (Å²) in [6, 6.07) is 9.65. The molecule has 0 fully saturated rings. The minimum Gasteiger partial charge on any atom is -0.376 e. The first-order chi connectivity index (χ1) is 10.0. The summed E-state index contributed by atoms with van der Waals surface area (Å²) in [5.41, 5.74) is 1.98. The molecule has 1 aromatic carbocycles. The van der Waals surface area contributed by atoms with Crippen molar-refractivity contribution in [3.63, 3.8) is 0 Å². The van der Waals surface area contributed by atoms with Crippen LogP contribution >= 0.6 is 23.2 Å². The van der Waals surface area contributed by atoms with E-state index in [2.05, 4.69) is 15.6 Å². The molecular formula is C15H18Cl2N4. The van der Waals surface area contributed by atoms with Crippen molar-refractivity contribution in [1.29, 1.82) is 0 Å². The number of hydrogen-bond acceptors (Lipinski definition) is 4. The van der Waals surface area contributed by atoms with E-state index in [4.69, 9.17) is 23.2 Å². The fourth-order valence-electron chi connectivity index (χ4n) is 1.94. The van der Waals surface area contributed by atoms with Gasteiger partial charge in [0.1, 0.15) is 5.82 Å². The summed E-state index contributed by atoms with van der Waals surface area (Å²) >= 11 is 12.4. The van der Waals surface area contributed by atoms with E-state index >= 15 is 0 Å². The third-order valence-electron chi connectivity index (χ3n) is 2.91. The molecule has 2 rings (SSSR count). The minimum atomic E-state index is 0.482. The molecule has 112 valence electrons. The number of hydrogen-bond donors (Lipinski definition) is 2. The molecule has 0 amide bonds. The molecule has 0 radical (unpaired) electrons. The van der Waals surface area contributed by atoms with E-state index in [0.717, 1.165) is 17.9 Å². The van der Waals surface area contributed by atoms with Gasteiger partial charge in [0.2, 0.25) is 0 Å². The van der Waals surface area contributed by atoms with Gasteiger partial charge >= 0.3 is 0 Å². The van der Waals surface area contributed by atoms with Gasteiger partial charge in [0, 0.05) is 20.6 Å². The molecule has 0 saturated carbocycles. The van der Waals surface area contributed by atoms with E-state index in [1.54, 1.807) is 6.07 Å². The number of para-hydroxylation sites is 2. The fourth-order valence-corrected chi connectivity index (χ4v) is 2.42. The molecule has 0 aliphatic rings. The number of benzene rings is 1. The van der Waals surface area contributed by atoms with Crippen molar-refractivity contribution in [2.75, 3.05) is 36.2 Å². The Morgan fingerprint density at radius 1 is 1.10 bits per heavy atom. The lowest BCUT2D eigenvalue weighted by Gasteiger charge is -2.19. The Labute approximate surface area is 135 Å². The van der Waals surface area contributed by atoms with E-state index in [0.29, 0.717) is 21.7 Å². The molecule has 1 heterocycles. The highest BCUT2D eigenvalue weighted by atomic mass is 35.5. The maximum absolute atomic E-state index is 6.23. The Bertz CT molecular complexity index is 629. The number of nitrogens with one attached hydrogen (secondary N) is 2. The lowest BCUT2D eigenvalue weighted by Crippen LogP contribution is -2.11. The van der Waals surface area contributed by atoms with Crippen LogP contribution in [0.5, 0.6) is 0 Å². The maximum atomic E-state index is 6.23. The first-order valence-corrected chi connectivity index (χ1v) is 7.41. The third kappa shape index (κ3) is 3.71. The highest BCUT2D eigenvalue weighted by Crippen LogP contribution is 2.33. The molecule has 4 nitrogen and oxygen atoms in total. The predicted octanol–water partition coefficient (Wildman–Crippen LogP) is 4.63. The van der Waals surface area contributed by atoms with E-state index in [-0.39, 0.29) is 0 Å². The monoisotopic (exact) mass is 324 g/mol. The second-order valence-electron chi connectivity index (χ2n) is 4.72. The van der Waals surface area contributed by atoms with Gasteiger partial charge in [-0.05, 0) is 25.1 Å². The van der Waals surface area contributed by atoms with Crippen molar-refractivity contribution in [1.82, 2.24) is 4.98 Å². The predicted molar refractivity (Wildman–Crippen MR) is 92.5 cm³/mol. The first kappa shape index (κ1) is 15.7. The average Bonchev–Trinajstić information content (AvgIpc) is 2.44. The van der Waals surface area contributed by atoms with Crippen molar-refractivity contribution in [2.24, 2.45) is 0 Å². The number of anilines is 4. The van der Waals surface area contributed by atoms with Gasteiger partial charge in [0.05, 0.1) is 21.4 Å². The van der Waals surface area contributed by atoms with E-state index in [1.807, 2.05) is 50.2 Å². The van der Waals surface area contributed by atoms with E-state index in [1.165, 1.54) is 0 Å². The van der Waals surface area contributed by atoms with Gasteiger partial charge < -0.3 is 15.5 Å². The van der Waals surface area contributed by atoms with Crippen LogP contribution in [-0.2, 0) is 0 Å². The topological polar surface area (TPSA) is 40.2 Å². The molecule has 2 aromatic rings. The molecule has 0 aliphatic heterocycles. The Balaban J connectivity index is 2.38. The highest BCUT2D eigenvalue weighted by molar-refractivity contribution is 6.37. The number of pyridine rings is 1. The second-order valence-corrected chi connectivity index (χ2v) is 5.53. The lowest BCUT2D eigenvalue weighted by atomic mass is 10.2. The van der Waals surface area contributed by atoms with E-state index in [9.17, 15) is 0 Å². The lowest BCUT2D eigenvalue weighted by molar-refractivity contribution is 1.13. The number of halogens is 2. The normalized spacial score (nSPS) is 10.3. The van der Waals surface area contributed by atoms with Gasteiger partial charge in [-0.1, -0.05) is 35.3 Å². The highest BCUT2D eigenvalue weighted by Gasteiger charge is 2.11. The first-order valence-electron chi connectivity index (χ1n) is 6.66. The van der Waals surface area contributed by atoms with Gasteiger partial charge in [-0.3, -0.25) is 0 Å². The summed E-state index contributed by atoms with van der Waals surface area (Å²) in [6.07, 6.45) is 0. The molecular weight excluding hydrogens is 307 g/mol. The Morgan fingerprint density at radius 3 is 2.43 bits per heavy atom. The van der Waals surface area contributed by atoms with Crippen molar-refractivity contribution >= 4 is 46.2 Å². The summed E-state index contributed by atoms with van der Waals surface area (Å²) in [5.74, 6) is 1.19. The smallest absolute Gasteiger partial charge is 0.151 e. The summed E-state index contributed by atoms with van der Waals surface area (Å²) in [7, 11) is 3.98. The summed E-state index contributed by atoms with van der Waals surface area (Å²) in [4.78, 5) is 6.48. The van der Waals surface area contributed by atoms with Gasteiger partial charge in [0.25, 0.3) is 0 Å². The number of rotatable bonds is 5. The van der Waals surface area contributed by atoms with Crippen LogP contribution in [0.1, 0.15) is 6.92 Å². The van der Waals surface area contributed by atoms with Gasteiger partial charge in [0.15, 0.2) is 5.82 Å². The largest absolute Gasteiger partial charge is 0.376 e. The van der Waals surface area contributed by atoms with Crippen LogP contribution in [0.15, 0.2) is 30.3 Å². The van der Waals surface area contributed by atoms with Crippen LogP contribution in [0, 0.1) is 0 Å². The SMILES string of the molecule is CCNc1nc(Nc2ccccc2N(C)C)c(Cl)cc1Cl. The van der Waals surface area contributed by atoms with E-state index < -0.39 is 0 Å². The Hall–Kier alpha value is -1.65. The van der Waals surface area contributed by atoms with Crippen LogP contribution in [0.2, 0.25) is 10.0 Å². The second kappa shape index (κ2) is 6.87. The summed E-state index contributed by atoms with van der Waals surface area (Å²) in [5, 5.41) is 7.37. The maximum Gasteiger partial charge on any atom is 0.151 e. The Kier molecular flexibility index (Phi) is 5.15. The molecule has 1 aromatic heterocycles. The zero-order valence-corrected chi connectivity index (χ0v) is 13.8. The Morgan fingerprint density at radius 2 is 1.76 bits per heavy atom. The number of aromatic nitrogens is 1. The van der Waals surface area contributed by atoms with Crippen molar-refractivity contribution < 1.29 is 0 Å². The van der Waals surface area contributed by atoms with Crippen LogP contribution < -0.4 is 15.5 Å². The average molecular weight is 325 g/mol. The van der Waals surface area contributed by atoms with Gasteiger partial charge in [-0.25, -0.2) is 4.98 Å². The van der Waals surface area contributed by atoms with Gasteiger partial charge in [-0.2, -0.15) is 0 Å². The molecule has 0 spiro atoms. The van der Waals surface area contributed by atoms with Crippen molar-refractivity contribution in [3.05, 3.63) is 40.4 Å². The van der Waals surface area contributed by atoms with Crippen molar-refractivity contribution in [3.8, 4) is 0 Å². The molecule has 0 atom stereocenters. The third-order valence-corrected chi connectivity index (χ3v) is 3.49. The van der Waals surface area contributed by atoms with Crippen LogP contribution in [-0.4, -0.2) is 25.6 Å². The quantitative estimate of drug-likeness (QED) is 0.841. The summed E-state index contributed by atoms with van der Waals surface area (Å²) < 4.78 is 0. The molecule has 6 heteroatoms. The standard InChI is InChI=1S/C15H18Cl2N4/c1-4-18-14-10(16)9-11(17)15(20-14)19-12-7-5-6-8-13(12)21(2)3/h5-9H,4H2,1-3H3,(H2,18,19,20). The fraction of sp³-hybridized carbons (Fsp3) is 0.267. The summed E-state index contributed by atoms with van der Waals surface area (Å²) in [6.45, 7) is 2.73. The van der Waals surface area contributed by atoms with Gasteiger partial charge in [-0.15, -0.1) is 0 Å². The number of nitrogens with zero attached hydrogens (tertiary/aromatic N) is 2. The molecule has 2 N–H and O–H groups in total. The molecule has 0 unspecified atom stereocenters. The molecule has 21 heavy (non-hydrogen) atoms. The van der Waals surface area contributed by atoms with Crippen LogP contribution in [0.25, 0.3) is 0 Å². The minimum absolute atomic E-state index is 0.482. The van der Waals surface area contributed by atoms with Crippen molar-refractivity contribution in [2.45, 2.75) is 6.92 Å². The molecule has 0 bridgehead atoms. The van der Waals surface area contributed by atoms with Crippen LogP contribution in [0.3, 0.4) is 0 Å². The zero-order chi connectivity index (χ0) is 15.4.